The van der Waals surface area contributed by atoms with Gasteiger partial charge in [0, 0.05) is 35.9 Å². The van der Waals surface area contributed by atoms with Gasteiger partial charge in [0.15, 0.2) is 0 Å². The molecule has 0 aliphatic carbocycles. The number of sulfonamides is 1. The fourth-order valence-corrected chi connectivity index (χ4v) is 4.58. The fourth-order valence-electron chi connectivity index (χ4n) is 2.48. The minimum Gasteiger partial charge on any atom is -0.383 e. The molecule has 0 aliphatic rings. The lowest BCUT2D eigenvalue weighted by molar-refractivity contribution is -0.384. The fraction of sp³-hybridized carbons (Fsp3) is 0.316. The molecule has 9 nitrogen and oxygen atoms in total. The third-order valence-electron chi connectivity index (χ3n) is 3.93. The number of ether oxygens (including phenoxy) is 1. The maximum Gasteiger partial charge on any atom is 0.269 e. The summed E-state index contributed by atoms with van der Waals surface area (Å²) in [5.74, 6) is -0.277. The quantitative estimate of drug-likeness (QED) is 0.321. The van der Waals surface area contributed by atoms with E-state index < -0.39 is 20.2 Å². The number of non-ortho nitro benzene ring substituents is 1. The van der Waals surface area contributed by atoms with Crippen LogP contribution in [0.3, 0.4) is 0 Å². The number of hydrogen-bond donors (Lipinski definition) is 2. The van der Waals surface area contributed by atoms with Gasteiger partial charge in [0.2, 0.25) is 15.9 Å². The van der Waals surface area contributed by atoms with Crippen molar-refractivity contribution in [2.45, 2.75) is 34.9 Å². The first kappa shape index (κ1) is 23.8. The summed E-state index contributed by atoms with van der Waals surface area (Å²) < 4.78 is 32.1. The lowest BCUT2D eigenvalue weighted by Crippen LogP contribution is -2.35. The first-order valence-electron chi connectivity index (χ1n) is 8.95. The number of hydrogen-bond acceptors (Lipinski definition) is 7. The molecule has 0 radical (unpaired) electrons. The summed E-state index contributed by atoms with van der Waals surface area (Å²) in [5.41, 5.74) is 0.442. The minimum atomic E-state index is -3.69. The molecule has 2 aromatic rings. The van der Waals surface area contributed by atoms with E-state index in [1.54, 1.807) is 26.0 Å². The van der Waals surface area contributed by atoms with Crippen molar-refractivity contribution in [2.75, 3.05) is 19.0 Å². The van der Waals surface area contributed by atoms with Crippen LogP contribution in [0.5, 0.6) is 0 Å². The molecule has 30 heavy (non-hydrogen) atoms. The van der Waals surface area contributed by atoms with Crippen LogP contribution in [0.15, 0.2) is 58.3 Å². The van der Waals surface area contributed by atoms with Crippen LogP contribution in [0.2, 0.25) is 0 Å². The maximum atomic E-state index is 12.4. The SMILES string of the molecule is COCC(C)NS(=O)(=O)c1ccc(NC(=O)C(C)Sc2ccc([N+](=O)[O-])cc2)cc1. The molecule has 2 N–H and O–H groups in total. The van der Waals surface area contributed by atoms with Crippen LogP contribution in [-0.2, 0) is 19.6 Å². The largest absolute Gasteiger partial charge is 0.383 e. The van der Waals surface area contributed by atoms with E-state index in [1.807, 2.05) is 0 Å². The van der Waals surface area contributed by atoms with E-state index in [4.69, 9.17) is 4.74 Å². The molecule has 0 spiro atoms. The second kappa shape index (κ2) is 10.5. The molecular formula is C19H23N3O6S2. The van der Waals surface area contributed by atoms with E-state index in [0.29, 0.717) is 5.69 Å². The molecule has 0 saturated heterocycles. The van der Waals surface area contributed by atoms with Gasteiger partial charge in [0.1, 0.15) is 0 Å². The highest BCUT2D eigenvalue weighted by atomic mass is 32.2. The van der Waals surface area contributed by atoms with Crippen molar-refractivity contribution in [1.82, 2.24) is 4.72 Å². The summed E-state index contributed by atoms with van der Waals surface area (Å²) in [6.07, 6.45) is 0. The number of carbonyl (C=O) groups is 1. The molecule has 11 heteroatoms. The summed E-state index contributed by atoms with van der Waals surface area (Å²) in [6.45, 7) is 3.65. The number of nitro benzene ring substituents is 1. The standard InChI is InChI=1S/C19H23N3O6S2/c1-13(12-28-3)21-30(26,27)18-10-4-15(5-11-18)20-19(23)14(2)29-17-8-6-16(7-9-17)22(24)25/h4-11,13-14,21H,12H2,1-3H3,(H,20,23). The zero-order chi connectivity index (χ0) is 22.3. The summed E-state index contributed by atoms with van der Waals surface area (Å²) in [7, 11) is -2.20. The van der Waals surface area contributed by atoms with Crippen molar-refractivity contribution in [3.8, 4) is 0 Å². The van der Waals surface area contributed by atoms with Gasteiger partial charge in [-0.25, -0.2) is 13.1 Å². The van der Waals surface area contributed by atoms with Crippen LogP contribution in [-0.4, -0.2) is 44.3 Å². The normalized spacial score (nSPS) is 13.4. The van der Waals surface area contributed by atoms with Gasteiger partial charge in [0.05, 0.1) is 21.7 Å². The topological polar surface area (TPSA) is 128 Å². The van der Waals surface area contributed by atoms with Gasteiger partial charge in [0.25, 0.3) is 5.69 Å². The van der Waals surface area contributed by atoms with Crippen molar-refractivity contribution in [3.05, 3.63) is 58.6 Å². The number of carbonyl (C=O) groups excluding carboxylic acids is 1. The highest BCUT2D eigenvalue weighted by Crippen LogP contribution is 2.26. The molecule has 162 valence electrons. The Morgan fingerprint density at radius 1 is 1.13 bits per heavy atom. The first-order chi connectivity index (χ1) is 14.1. The highest BCUT2D eigenvalue weighted by molar-refractivity contribution is 8.00. The molecule has 0 heterocycles. The zero-order valence-electron chi connectivity index (χ0n) is 16.7. The molecule has 0 saturated carbocycles. The molecule has 2 atom stereocenters. The molecule has 0 bridgehead atoms. The Labute approximate surface area is 179 Å². The second-order valence-electron chi connectivity index (χ2n) is 6.50. The number of amides is 1. The Hall–Kier alpha value is -2.47. The summed E-state index contributed by atoms with van der Waals surface area (Å²) in [6, 6.07) is 11.4. The van der Waals surface area contributed by atoms with Crippen molar-refractivity contribution in [3.63, 3.8) is 0 Å². The Kier molecular flexibility index (Phi) is 8.35. The van der Waals surface area contributed by atoms with Crippen molar-refractivity contribution in [2.24, 2.45) is 0 Å². The van der Waals surface area contributed by atoms with Gasteiger partial charge in [-0.1, -0.05) is 0 Å². The Balaban J connectivity index is 1.97. The second-order valence-corrected chi connectivity index (χ2v) is 9.63. The number of anilines is 1. The van der Waals surface area contributed by atoms with Crippen LogP contribution in [0.4, 0.5) is 11.4 Å². The Bertz CT molecular complexity index is 978. The van der Waals surface area contributed by atoms with E-state index >= 15 is 0 Å². The van der Waals surface area contributed by atoms with Crippen LogP contribution in [0.1, 0.15) is 13.8 Å². The lowest BCUT2D eigenvalue weighted by Gasteiger charge is -2.14. The molecule has 0 aromatic heterocycles. The van der Waals surface area contributed by atoms with E-state index in [0.717, 1.165) is 4.90 Å². The monoisotopic (exact) mass is 453 g/mol. The summed E-state index contributed by atoms with van der Waals surface area (Å²) in [5, 5.41) is 13.0. The number of nitrogens with one attached hydrogen (secondary N) is 2. The highest BCUT2D eigenvalue weighted by Gasteiger charge is 2.19. The third kappa shape index (κ3) is 6.80. The van der Waals surface area contributed by atoms with Crippen LogP contribution in [0, 0.1) is 10.1 Å². The van der Waals surface area contributed by atoms with Gasteiger partial charge in [-0.05, 0) is 50.2 Å². The maximum absolute atomic E-state index is 12.4. The van der Waals surface area contributed by atoms with Gasteiger partial charge >= 0.3 is 0 Å². The van der Waals surface area contributed by atoms with Crippen molar-refractivity contribution >= 4 is 39.1 Å². The molecular weight excluding hydrogens is 430 g/mol. The average molecular weight is 454 g/mol. The van der Waals surface area contributed by atoms with E-state index in [9.17, 15) is 23.3 Å². The predicted octanol–water partition coefficient (Wildman–Crippen LogP) is 3.03. The smallest absolute Gasteiger partial charge is 0.269 e. The van der Waals surface area contributed by atoms with E-state index in [1.165, 1.54) is 55.3 Å². The number of rotatable bonds is 10. The van der Waals surface area contributed by atoms with Gasteiger partial charge in [-0.2, -0.15) is 0 Å². The first-order valence-corrected chi connectivity index (χ1v) is 11.3. The van der Waals surface area contributed by atoms with Gasteiger partial charge in [-0.15, -0.1) is 11.8 Å². The summed E-state index contributed by atoms with van der Waals surface area (Å²) >= 11 is 1.26. The molecule has 1 amide bonds. The molecule has 2 unspecified atom stereocenters. The Morgan fingerprint density at radius 2 is 1.73 bits per heavy atom. The van der Waals surface area contributed by atoms with E-state index in [2.05, 4.69) is 10.0 Å². The van der Waals surface area contributed by atoms with Gasteiger partial charge < -0.3 is 10.1 Å². The number of methoxy groups -OCH3 is 1. The lowest BCUT2D eigenvalue weighted by atomic mass is 10.3. The molecule has 0 aliphatic heterocycles. The number of thioether (sulfide) groups is 1. The number of nitrogens with zero attached hydrogens (tertiary/aromatic N) is 1. The minimum absolute atomic E-state index is 0.0161. The van der Waals surface area contributed by atoms with E-state index in [-0.39, 0.29) is 29.1 Å². The molecule has 2 rings (SSSR count). The Morgan fingerprint density at radius 3 is 2.27 bits per heavy atom. The average Bonchev–Trinajstić information content (AvgIpc) is 2.68. The molecule has 0 fully saturated rings. The third-order valence-corrected chi connectivity index (χ3v) is 6.65. The predicted molar refractivity (Wildman–Crippen MR) is 115 cm³/mol. The number of benzene rings is 2. The number of nitro groups is 1. The molecule has 2 aromatic carbocycles. The summed E-state index contributed by atoms with van der Waals surface area (Å²) in [4.78, 5) is 23.4. The van der Waals surface area contributed by atoms with Gasteiger partial charge in [-0.3, -0.25) is 14.9 Å². The van der Waals surface area contributed by atoms with Crippen LogP contribution in [0.25, 0.3) is 0 Å². The zero-order valence-corrected chi connectivity index (χ0v) is 18.3. The van der Waals surface area contributed by atoms with Crippen molar-refractivity contribution < 1.29 is 22.9 Å². The van der Waals surface area contributed by atoms with Crippen molar-refractivity contribution in [1.29, 1.82) is 0 Å². The van der Waals surface area contributed by atoms with Crippen LogP contribution < -0.4 is 10.0 Å². The van der Waals surface area contributed by atoms with Crippen LogP contribution >= 0.6 is 11.8 Å².